The molecular formula is C10H16N2O3S. The minimum atomic E-state index is -3.15. The summed E-state index contributed by atoms with van der Waals surface area (Å²) in [5, 5.41) is 0. The molecule has 1 aromatic rings. The normalized spacial score (nSPS) is 11.4. The fraction of sp³-hybridized carbons (Fsp3) is 0.500. The molecule has 0 unspecified atom stereocenters. The van der Waals surface area contributed by atoms with Gasteiger partial charge in [0, 0.05) is 18.8 Å². The first kappa shape index (κ1) is 12.9. The van der Waals surface area contributed by atoms with E-state index in [0.29, 0.717) is 12.3 Å². The van der Waals surface area contributed by atoms with Crippen LogP contribution in [0.3, 0.4) is 0 Å². The number of hydrogen-bond acceptors (Lipinski definition) is 4. The molecule has 16 heavy (non-hydrogen) atoms. The molecule has 0 saturated carbocycles. The van der Waals surface area contributed by atoms with Crippen LogP contribution in [0.4, 0.5) is 0 Å². The highest BCUT2D eigenvalue weighted by Crippen LogP contribution is 2.06. The van der Waals surface area contributed by atoms with Crippen LogP contribution in [0.15, 0.2) is 18.3 Å². The number of sulfonamides is 1. The Morgan fingerprint density at radius 1 is 1.44 bits per heavy atom. The molecule has 1 heterocycles. The third kappa shape index (κ3) is 4.16. The molecule has 0 saturated heterocycles. The first-order valence-electron chi connectivity index (χ1n) is 5.03. The highest BCUT2D eigenvalue weighted by molar-refractivity contribution is 7.89. The third-order valence-corrected chi connectivity index (χ3v) is 3.51. The average Bonchev–Trinajstić information content (AvgIpc) is 2.27. The Morgan fingerprint density at radius 3 is 2.69 bits per heavy atom. The SMILES string of the molecule is CCCS(=O)(=O)NCc1ccc(OC)nc1. The maximum atomic E-state index is 11.4. The molecule has 0 aliphatic rings. The minimum absolute atomic E-state index is 0.149. The van der Waals surface area contributed by atoms with Crippen molar-refractivity contribution in [1.29, 1.82) is 0 Å². The molecule has 0 fully saturated rings. The smallest absolute Gasteiger partial charge is 0.212 e. The summed E-state index contributed by atoms with van der Waals surface area (Å²) >= 11 is 0. The Balaban J connectivity index is 2.54. The van der Waals surface area contributed by atoms with E-state index in [1.54, 1.807) is 18.3 Å². The fourth-order valence-electron chi connectivity index (χ4n) is 1.17. The Labute approximate surface area is 95.9 Å². The molecule has 0 bridgehead atoms. The molecule has 1 aromatic heterocycles. The number of methoxy groups -OCH3 is 1. The van der Waals surface area contributed by atoms with Crippen molar-refractivity contribution in [3.05, 3.63) is 23.9 Å². The number of rotatable bonds is 6. The first-order chi connectivity index (χ1) is 7.57. The molecule has 0 aliphatic heterocycles. The van der Waals surface area contributed by atoms with E-state index in [1.807, 2.05) is 6.92 Å². The lowest BCUT2D eigenvalue weighted by molar-refractivity contribution is 0.397. The molecular weight excluding hydrogens is 228 g/mol. The van der Waals surface area contributed by atoms with Gasteiger partial charge in [-0.15, -0.1) is 0 Å². The summed E-state index contributed by atoms with van der Waals surface area (Å²) < 4.78 is 30.2. The van der Waals surface area contributed by atoms with Gasteiger partial charge in [0.15, 0.2) is 0 Å². The Hall–Kier alpha value is -1.14. The second kappa shape index (κ2) is 5.81. The second-order valence-electron chi connectivity index (χ2n) is 3.35. The van der Waals surface area contributed by atoms with Gasteiger partial charge in [0.05, 0.1) is 12.9 Å². The zero-order valence-electron chi connectivity index (χ0n) is 9.43. The van der Waals surface area contributed by atoms with Crippen molar-refractivity contribution in [3.63, 3.8) is 0 Å². The van der Waals surface area contributed by atoms with E-state index in [-0.39, 0.29) is 12.3 Å². The maximum Gasteiger partial charge on any atom is 0.212 e. The highest BCUT2D eigenvalue weighted by atomic mass is 32.2. The molecule has 1 N–H and O–H groups in total. The highest BCUT2D eigenvalue weighted by Gasteiger charge is 2.07. The summed E-state index contributed by atoms with van der Waals surface area (Å²) in [7, 11) is -1.62. The number of aromatic nitrogens is 1. The number of ether oxygens (including phenoxy) is 1. The van der Waals surface area contributed by atoms with E-state index >= 15 is 0 Å². The van der Waals surface area contributed by atoms with Crippen molar-refractivity contribution in [2.75, 3.05) is 12.9 Å². The Morgan fingerprint density at radius 2 is 2.19 bits per heavy atom. The van der Waals surface area contributed by atoms with Gasteiger partial charge < -0.3 is 4.74 Å². The summed E-state index contributed by atoms with van der Waals surface area (Å²) in [4.78, 5) is 3.99. The van der Waals surface area contributed by atoms with E-state index in [1.165, 1.54) is 7.11 Å². The van der Waals surface area contributed by atoms with Gasteiger partial charge in [-0.1, -0.05) is 13.0 Å². The predicted molar refractivity (Wildman–Crippen MR) is 61.7 cm³/mol. The van der Waals surface area contributed by atoms with Crippen LogP contribution >= 0.6 is 0 Å². The molecule has 0 atom stereocenters. The summed E-state index contributed by atoms with van der Waals surface area (Å²) in [5.74, 6) is 0.663. The van der Waals surface area contributed by atoms with Crippen LogP contribution < -0.4 is 9.46 Å². The van der Waals surface area contributed by atoms with Gasteiger partial charge in [0.2, 0.25) is 15.9 Å². The molecule has 90 valence electrons. The van der Waals surface area contributed by atoms with Crippen LogP contribution in [-0.2, 0) is 16.6 Å². The van der Waals surface area contributed by atoms with Crippen molar-refractivity contribution in [1.82, 2.24) is 9.71 Å². The molecule has 6 heteroatoms. The molecule has 5 nitrogen and oxygen atoms in total. The summed E-state index contributed by atoms with van der Waals surface area (Å²) in [6, 6.07) is 3.48. The van der Waals surface area contributed by atoms with Crippen LogP contribution in [0.1, 0.15) is 18.9 Å². The largest absolute Gasteiger partial charge is 0.481 e. The third-order valence-electron chi connectivity index (χ3n) is 1.98. The van der Waals surface area contributed by atoms with Gasteiger partial charge in [0.1, 0.15) is 0 Å². The summed E-state index contributed by atoms with van der Waals surface area (Å²) in [6.45, 7) is 2.09. The van der Waals surface area contributed by atoms with Crippen molar-refractivity contribution in [2.24, 2.45) is 0 Å². The maximum absolute atomic E-state index is 11.4. The van der Waals surface area contributed by atoms with Gasteiger partial charge in [0.25, 0.3) is 0 Å². The molecule has 0 radical (unpaired) electrons. The Kier molecular flexibility index (Phi) is 4.70. The van der Waals surface area contributed by atoms with Crippen LogP contribution in [0.5, 0.6) is 5.88 Å². The lowest BCUT2D eigenvalue weighted by Gasteiger charge is -2.05. The van der Waals surface area contributed by atoms with Gasteiger partial charge in [-0.25, -0.2) is 18.1 Å². The first-order valence-corrected chi connectivity index (χ1v) is 6.69. The zero-order valence-corrected chi connectivity index (χ0v) is 10.3. The summed E-state index contributed by atoms with van der Waals surface area (Å²) in [5.41, 5.74) is 0.806. The quantitative estimate of drug-likeness (QED) is 0.808. The van der Waals surface area contributed by atoms with Crippen molar-refractivity contribution < 1.29 is 13.2 Å². The second-order valence-corrected chi connectivity index (χ2v) is 5.28. The van der Waals surface area contributed by atoms with Gasteiger partial charge >= 0.3 is 0 Å². The van der Waals surface area contributed by atoms with E-state index in [2.05, 4.69) is 9.71 Å². The number of hydrogen-bond donors (Lipinski definition) is 1. The van der Waals surface area contributed by atoms with Crippen molar-refractivity contribution in [2.45, 2.75) is 19.9 Å². The van der Waals surface area contributed by atoms with Gasteiger partial charge in [-0.2, -0.15) is 0 Å². The van der Waals surface area contributed by atoms with Gasteiger partial charge in [-0.3, -0.25) is 0 Å². The van der Waals surface area contributed by atoms with Crippen molar-refractivity contribution in [3.8, 4) is 5.88 Å². The average molecular weight is 244 g/mol. The van der Waals surface area contributed by atoms with E-state index in [9.17, 15) is 8.42 Å². The van der Waals surface area contributed by atoms with Crippen LogP contribution in [0.2, 0.25) is 0 Å². The van der Waals surface area contributed by atoms with Crippen LogP contribution in [-0.4, -0.2) is 26.3 Å². The number of nitrogens with zero attached hydrogens (tertiary/aromatic N) is 1. The lowest BCUT2D eigenvalue weighted by atomic mass is 10.3. The number of pyridine rings is 1. The van der Waals surface area contributed by atoms with Gasteiger partial charge in [-0.05, 0) is 12.0 Å². The summed E-state index contributed by atoms with van der Waals surface area (Å²) in [6.07, 6.45) is 2.20. The van der Waals surface area contributed by atoms with Crippen LogP contribution in [0, 0.1) is 0 Å². The van der Waals surface area contributed by atoms with E-state index in [4.69, 9.17) is 4.74 Å². The predicted octanol–water partition coefficient (Wildman–Crippen LogP) is 0.920. The van der Waals surface area contributed by atoms with Crippen molar-refractivity contribution >= 4 is 10.0 Å². The van der Waals surface area contributed by atoms with E-state index in [0.717, 1.165) is 5.56 Å². The fourth-order valence-corrected chi connectivity index (χ4v) is 2.24. The standard InChI is InChI=1S/C10H16N2O3S/c1-3-6-16(13,14)12-8-9-4-5-10(15-2)11-7-9/h4-5,7,12H,3,6,8H2,1-2H3. The molecule has 0 aliphatic carbocycles. The van der Waals surface area contributed by atoms with E-state index < -0.39 is 10.0 Å². The van der Waals surface area contributed by atoms with Crippen LogP contribution in [0.25, 0.3) is 0 Å². The molecule has 0 aromatic carbocycles. The molecule has 0 amide bonds. The minimum Gasteiger partial charge on any atom is -0.481 e. The zero-order chi connectivity index (χ0) is 12.0. The number of nitrogens with one attached hydrogen (secondary N) is 1. The molecule has 0 spiro atoms. The Bertz CT molecular complexity index is 414. The monoisotopic (exact) mass is 244 g/mol. The topological polar surface area (TPSA) is 68.3 Å². The molecule has 1 rings (SSSR count). The lowest BCUT2D eigenvalue weighted by Crippen LogP contribution is -2.25.